The van der Waals surface area contributed by atoms with Crippen LogP contribution in [0.2, 0.25) is 0 Å². The minimum Gasteiger partial charge on any atom is -0.375 e. The summed E-state index contributed by atoms with van der Waals surface area (Å²) in [6.45, 7) is 1.12. The van der Waals surface area contributed by atoms with Crippen LogP contribution in [-0.2, 0) is 9.53 Å². The van der Waals surface area contributed by atoms with E-state index in [2.05, 4.69) is 10.1 Å². The molecule has 0 aliphatic heterocycles. The van der Waals surface area contributed by atoms with Gasteiger partial charge in [0.1, 0.15) is 6.61 Å². The molecule has 14 heavy (non-hydrogen) atoms. The molecule has 0 aliphatic rings. The lowest BCUT2D eigenvalue weighted by molar-refractivity contribution is -0.129. The molecule has 0 heterocycles. The van der Waals surface area contributed by atoms with Crippen LogP contribution in [0, 0.1) is 0 Å². The number of methoxy groups -OCH3 is 1. The lowest BCUT2D eigenvalue weighted by Gasteiger charge is -2.29. The molecule has 1 atom stereocenters. The third kappa shape index (κ3) is 3.97. The number of nitrogens with one attached hydrogen (secondary N) is 1. The molecule has 0 saturated carbocycles. The van der Waals surface area contributed by atoms with E-state index in [9.17, 15) is 13.6 Å². The Morgan fingerprint density at radius 3 is 2.57 bits per heavy atom. The van der Waals surface area contributed by atoms with E-state index in [1.54, 1.807) is 0 Å². The highest BCUT2D eigenvalue weighted by atomic mass is 19.3. The van der Waals surface area contributed by atoms with Gasteiger partial charge in [0.2, 0.25) is 5.91 Å². The van der Waals surface area contributed by atoms with Crippen LogP contribution in [0.4, 0.5) is 8.78 Å². The largest absolute Gasteiger partial charge is 0.375 e. The number of carbonyl (C=O) groups excluding carboxylic acids is 1. The summed E-state index contributed by atoms with van der Waals surface area (Å²) in [4.78, 5) is 11.0. The predicted octanol–water partition coefficient (Wildman–Crippen LogP) is 0.122. The molecule has 0 bridgehead atoms. The molecule has 6 heteroatoms. The zero-order valence-corrected chi connectivity index (χ0v) is 8.35. The molecule has 4 nitrogen and oxygen atoms in total. The van der Waals surface area contributed by atoms with Crippen molar-refractivity contribution < 1.29 is 18.3 Å². The zero-order valence-electron chi connectivity index (χ0n) is 8.35. The Kier molecular flexibility index (Phi) is 5.56. The monoisotopic (exact) mass is 210 g/mol. The van der Waals surface area contributed by atoms with Gasteiger partial charge in [0.15, 0.2) is 0 Å². The molecule has 0 fully saturated rings. The number of ether oxygens (including phenoxy) is 1. The Morgan fingerprint density at radius 1 is 1.64 bits per heavy atom. The van der Waals surface area contributed by atoms with Crippen LogP contribution in [0.3, 0.4) is 0 Å². The fourth-order valence-electron chi connectivity index (χ4n) is 1.01. The van der Waals surface area contributed by atoms with E-state index in [1.165, 1.54) is 14.0 Å². The van der Waals surface area contributed by atoms with Crippen molar-refractivity contribution >= 4 is 5.91 Å². The van der Waals surface area contributed by atoms with E-state index in [0.717, 1.165) is 0 Å². The number of amides is 1. The molecule has 1 amide bonds. The minimum atomic E-state index is -2.65. The molecule has 0 radical (unpaired) electrons. The summed E-state index contributed by atoms with van der Waals surface area (Å²) >= 11 is 0. The molecule has 0 aromatic carbocycles. The first-order valence-corrected chi connectivity index (χ1v) is 4.24. The van der Waals surface area contributed by atoms with Crippen LogP contribution < -0.4 is 11.1 Å². The number of carbonyl (C=O) groups is 1. The molecule has 0 aromatic rings. The van der Waals surface area contributed by atoms with Gasteiger partial charge in [0.25, 0.3) is 6.43 Å². The van der Waals surface area contributed by atoms with Gasteiger partial charge in [-0.2, -0.15) is 0 Å². The second kappa shape index (κ2) is 5.87. The van der Waals surface area contributed by atoms with Crippen molar-refractivity contribution in [1.29, 1.82) is 0 Å². The number of hydrogen-bond donors (Lipinski definition) is 2. The van der Waals surface area contributed by atoms with Crippen LogP contribution >= 0.6 is 0 Å². The quantitative estimate of drug-likeness (QED) is 0.654. The minimum absolute atomic E-state index is 0.0279. The molecule has 0 rings (SSSR count). The third-order valence-corrected chi connectivity index (χ3v) is 1.85. The fraction of sp³-hybridized carbons (Fsp3) is 0.875. The average molecular weight is 210 g/mol. The van der Waals surface area contributed by atoms with E-state index < -0.39 is 17.9 Å². The van der Waals surface area contributed by atoms with Crippen molar-refractivity contribution in [3.8, 4) is 0 Å². The van der Waals surface area contributed by atoms with E-state index >= 15 is 0 Å². The van der Waals surface area contributed by atoms with Crippen LogP contribution in [0.1, 0.15) is 13.3 Å². The summed E-state index contributed by atoms with van der Waals surface area (Å²) in [5, 5.41) is 2.20. The van der Waals surface area contributed by atoms with Crippen molar-refractivity contribution in [3.05, 3.63) is 0 Å². The van der Waals surface area contributed by atoms with Gasteiger partial charge in [-0.1, -0.05) is 0 Å². The highest BCUT2D eigenvalue weighted by molar-refractivity contribution is 5.78. The highest BCUT2D eigenvalue weighted by Gasteiger charge is 2.35. The van der Waals surface area contributed by atoms with Crippen LogP contribution in [-0.4, -0.2) is 38.1 Å². The van der Waals surface area contributed by atoms with Crippen molar-refractivity contribution in [2.24, 2.45) is 5.73 Å². The first-order valence-electron chi connectivity index (χ1n) is 4.24. The maximum atomic E-state index is 12.6. The van der Waals surface area contributed by atoms with Crippen LogP contribution in [0.15, 0.2) is 0 Å². The van der Waals surface area contributed by atoms with Crippen molar-refractivity contribution in [3.63, 3.8) is 0 Å². The second-order valence-corrected chi connectivity index (χ2v) is 3.24. The Bertz CT molecular complexity index is 190. The van der Waals surface area contributed by atoms with E-state index in [-0.39, 0.29) is 19.6 Å². The van der Waals surface area contributed by atoms with E-state index in [4.69, 9.17) is 5.73 Å². The van der Waals surface area contributed by atoms with Gasteiger partial charge in [-0.15, -0.1) is 0 Å². The van der Waals surface area contributed by atoms with Crippen LogP contribution in [0.5, 0.6) is 0 Å². The summed E-state index contributed by atoms with van der Waals surface area (Å²) in [6, 6.07) is 0. The van der Waals surface area contributed by atoms with Crippen molar-refractivity contribution in [1.82, 2.24) is 5.32 Å². The molecule has 0 saturated heterocycles. The first kappa shape index (κ1) is 13.2. The summed E-state index contributed by atoms with van der Waals surface area (Å²) in [6.07, 6.45) is -2.62. The summed E-state index contributed by atoms with van der Waals surface area (Å²) in [5.74, 6) is -0.566. The highest BCUT2D eigenvalue weighted by Crippen LogP contribution is 2.18. The van der Waals surface area contributed by atoms with Gasteiger partial charge in [0.05, 0.1) is 5.54 Å². The summed E-state index contributed by atoms with van der Waals surface area (Å²) in [5.41, 5.74) is 3.62. The SMILES string of the molecule is COCC(=O)NC(C)(CCN)C(F)F. The molecular weight excluding hydrogens is 194 g/mol. The fourth-order valence-corrected chi connectivity index (χ4v) is 1.01. The molecule has 0 aliphatic carbocycles. The molecule has 84 valence electrons. The average Bonchev–Trinajstić information content (AvgIpc) is 2.04. The lowest BCUT2D eigenvalue weighted by Crippen LogP contribution is -2.53. The second-order valence-electron chi connectivity index (χ2n) is 3.24. The lowest BCUT2D eigenvalue weighted by atomic mass is 9.98. The summed E-state index contributed by atoms with van der Waals surface area (Å²) < 4.78 is 29.6. The van der Waals surface area contributed by atoms with Gasteiger partial charge in [0, 0.05) is 7.11 Å². The molecular formula is C8H16F2N2O2. The standard InChI is InChI=1S/C8H16F2N2O2/c1-8(3-4-11,7(9)10)12-6(13)5-14-2/h7H,3-5,11H2,1-2H3,(H,12,13). The van der Waals surface area contributed by atoms with Gasteiger partial charge in [-0.05, 0) is 19.9 Å². The maximum Gasteiger partial charge on any atom is 0.261 e. The normalized spacial score (nSPS) is 15.3. The molecule has 1 unspecified atom stereocenters. The first-order chi connectivity index (χ1) is 6.46. The predicted molar refractivity (Wildman–Crippen MR) is 48.1 cm³/mol. The maximum absolute atomic E-state index is 12.6. The smallest absolute Gasteiger partial charge is 0.261 e. The van der Waals surface area contributed by atoms with Crippen molar-refractivity contribution in [2.75, 3.05) is 20.3 Å². The molecule has 0 spiro atoms. The number of alkyl halides is 2. The zero-order chi connectivity index (χ0) is 11.2. The van der Waals surface area contributed by atoms with Crippen LogP contribution in [0.25, 0.3) is 0 Å². The van der Waals surface area contributed by atoms with Gasteiger partial charge >= 0.3 is 0 Å². The Hall–Kier alpha value is -0.750. The van der Waals surface area contributed by atoms with E-state index in [1.807, 2.05) is 0 Å². The van der Waals surface area contributed by atoms with Gasteiger partial charge in [-0.3, -0.25) is 4.79 Å². The molecule has 0 aromatic heterocycles. The summed E-state index contributed by atoms with van der Waals surface area (Å²) in [7, 11) is 1.32. The van der Waals surface area contributed by atoms with Gasteiger partial charge in [-0.25, -0.2) is 8.78 Å². The Balaban J connectivity index is 4.28. The molecule has 3 N–H and O–H groups in total. The van der Waals surface area contributed by atoms with E-state index in [0.29, 0.717) is 0 Å². The van der Waals surface area contributed by atoms with Crippen molar-refractivity contribution in [2.45, 2.75) is 25.3 Å². The number of hydrogen-bond acceptors (Lipinski definition) is 3. The topological polar surface area (TPSA) is 64.3 Å². The Morgan fingerprint density at radius 2 is 2.21 bits per heavy atom. The third-order valence-electron chi connectivity index (χ3n) is 1.85. The number of halogens is 2. The number of nitrogens with two attached hydrogens (primary N) is 1. The number of rotatable bonds is 6. The Labute approximate surface area is 81.8 Å². The van der Waals surface area contributed by atoms with Gasteiger partial charge < -0.3 is 15.8 Å².